The molecule has 1 saturated carbocycles. The van der Waals surface area contributed by atoms with E-state index >= 15 is 0 Å². The lowest BCUT2D eigenvalue weighted by molar-refractivity contribution is 0.239. The molecule has 0 saturated heterocycles. The average Bonchev–Trinajstić information content (AvgIpc) is 2.38. The Morgan fingerprint density at radius 2 is 2.16 bits per heavy atom. The molecule has 1 aromatic heterocycles. The topological polar surface area (TPSA) is 50.3 Å². The molecule has 19 heavy (non-hydrogen) atoms. The second-order valence-electron chi connectivity index (χ2n) is 5.24. The third-order valence-electron chi connectivity index (χ3n) is 3.80. The summed E-state index contributed by atoms with van der Waals surface area (Å²) in [7, 11) is -1.91. The predicted molar refractivity (Wildman–Crippen MR) is 75.6 cm³/mol. The minimum atomic E-state index is -3.55. The Labute approximate surface area is 119 Å². The fourth-order valence-electron chi connectivity index (χ4n) is 2.65. The van der Waals surface area contributed by atoms with Crippen LogP contribution in [-0.2, 0) is 10.0 Å². The van der Waals surface area contributed by atoms with Gasteiger partial charge in [-0.15, -0.1) is 0 Å². The molecule has 0 amide bonds. The van der Waals surface area contributed by atoms with E-state index in [0.29, 0.717) is 5.92 Å². The molecular formula is C13H19ClN2O2S. The van der Waals surface area contributed by atoms with Gasteiger partial charge in [0.1, 0.15) is 10.0 Å². The summed E-state index contributed by atoms with van der Waals surface area (Å²) in [4.78, 5) is 3.94. The van der Waals surface area contributed by atoms with Gasteiger partial charge in [0.05, 0.1) is 0 Å². The smallest absolute Gasteiger partial charge is 0.243 e. The van der Waals surface area contributed by atoms with Gasteiger partial charge in [-0.05, 0) is 30.9 Å². The molecule has 4 nitrogen and oxygen atoms in total. The first-order valence-corrected chi connectivity index (χ1v) is 8.33. The first-order chi connectivity index (χ1) is 8.93. The summed E-state index contributed by atoms with van der Waals surface area (Å²) < 4.78 is 26.6. The van der Waals surface area contributed by atoms with Crippen molar-refractivity contribution in [3.63, 3.8) is 0 Å². The molecule has 0 aliphatic heterocycles. The van der Waals surface area contributed by atoms with E-state index in [4.69, 9.17) is 11.6 Å². The molecule has 0 N–H and O–H groups in total. The van der Waals surface area contributed by atoms with Crippen LogP contribution in [0.1, 0.15) is 32.6 Å². The molecule has 1 aromatic rings. The summed E-state index contributed by atoms with van der Waals surface area (Å²) in [6.45, 7) is 2.17. The van der Waals surface area contributed by atoms with E-state index in [0.717, 1.165) is 19.3 Å². The molecule has 0 spiro atoms. The maximum atomic E-state index is 12.6. The quantitative estimate of drug-likeness (QED) is 0.807. The van der Waals surface area contributed by atoms with Gasteiger partial charge in [0, 0.05) is 19.3 Å². The van der Waals surface area contributed by atoms with Gasteiger partial charge in [0.15, 0.2) is 0 Å². The van der Waals surface area contributed by atoms with Gasteiger partial charge in [-0.25, -0.2) is 13.4 Å². The monoisotopic (exact) mass is 302 g/mol. The molecule has 1 fully saturated rings. The van der Waals surface area contributed by atoms with Crippen LogP contribution in [0, 0.1) is 5.92 Å². The van der Waals surface area contributed by atoms with Crippen LogP contribution >= 0.6 is 11.6 Å². The number of sulfonamides is 1. The molecule has 2 atom stereocenters. The molecule has 106 valence electrons. The first kappa shape index (κ1) is 14.8. The van der Waals surface area contributed by atoms with Crippen molar-refractivity contribution in [3.8, 4) is 0 Å². The zero-order chi connectivity index (χ0) is 14.0. The summed E-state index contributed by atoms with van der Waals surface area (Å²) in [6.07, 6.45) is 5.57. The fraction of sp³-hybridized carbons (Fsp3) is 0.615. The number of pyridine rings is 1. The summed E-state index contributed by atoms with van der Waals surface area (Å²) in [5, 5.41) is 0.0400. The van der Waals surface area contributed by atoms with Crippen LogP contribution in [0.2, 0.25) is 5.15 Å². The van der Waals surface area contributed by atoms with E-state index in [-0.39, 0.29) is 16.1 Å². The van der Waals surface area contributed by atoms with Crippen LogP contribution in [-0.4, -0.2) is 30.8 Å². The van der Waals surface area contributed by atoms with Crippen molar-refractivity contribution in [3.05, 3.63) is 23.5 Å². The van der Waals surface area contributed by atoms with Crippen LogP contribution in [0.3, 0.4) is 0 Å². The number of hydrogen-bond acceptors (Lipinski definition) is 3. The second-order valence-corrected chi connectivity index (χ2v) is 7.56. The minimum Gasteiger partial charge on any atom is -0.243 e. The number of hydrogen-bond donors (Lipinski definition) is 0. The van der Waals surface area contributed by atoms with Crippen LogP contribution in [0.5, 0.6) is 0 Å². The lowest BCUT2D eigenvalue weighted by Crippen LogP contribution is -2.39. The highest BCUT2D eigenvalue weighted by Crippen LogP contribution is 2.31. The normalized spacial score (nSPS) is 24.6. The van der Waals surface area contributed by atoms with Crippen LogP contribution in [0.25, 0.3) is 0 Å². The van der Waals surface area contributed by atoms with Crippen molar-refractivity contribution >= 4 is 21.6 Å². The SMILES string of the molecule is CC1CCCC(N(C)S(=O)(=O)c2cccnc2Cl)C1. The van der Waals surface area contributed by atoms with Crippen LogP contribution < -0.4 is 0 Å². The predicted octanol–water partition coefficient (Wildman–Crippen LogP) is 2.93. The fourth-order valence-corrected chi connectivity index (χ4v) is 4.47. The Morgan fingerprint density at radius 3 is 2.79 bits per heavy atom. The molecule has 1 aliphatic rings. The molecule has 1 aliphatic carbocycles. The highest BCUT2D eigenvalue weighted by molar-refractivity contribution is 7.89. The number of aromatic nitrogens is 1. The van der Waals surface area contributed by atoms with Crippen molar-refractivity contribution in [1.29, 1.82) is 0 Å². The van der Waals surface area contributed by atoms with Crippen molar-refractivity contribution in [2.75, 3.05) is 7.05 Å². The molecule has 6 heteroatoms. The zero-order valence-corrected chi connectivity index (χ0v) is 12.8. The van der Waals surface area contributed by atoms with E-state index in [1.54, 1.807) is 13.1 Å². The summed E-state index contributed by atoms with van der Waals surface area (Å²) in [5.41, 5.74) is 0. The standard InChI is InChI=1S/C13H19ClN2O2S/c1-10-5-3-6-11(9-10)16(2)19(17,18)12-7-4-8-15-13(12)14/h4,7-8,10-11H,3,5-6,9H2,1-2H3. The summed E-state index contributed by atoms with van der Waals surface area (Å²) >= 11 is 5.90. The van der Waals surface area contributed by atoms with Crippen molar-refractivity contribution < 1.29 is 8.42 Å². The van der Waals surface area contributed by atoms with E-state index in [2.05, 4.69) is 11.9 Å². The highest BCUT2D eigenvalue weighted by atomic mass is 35.5. The Hall–Kier alpha value is -0.650. The number of halogens is 1. The average molecular weight is 303 g/mol. The lowest BCUT2D eigenvalue weighted by Gasteiger charge is -2.33. The van der Waals surface area contributed by atoms with E-state index in [1.807, 2.05) is 0 Å². The molecule has 0 aromatic carbocycles. The van der Waals surface area contributed by atoms with Gasteiger partial charge in [0.25, 0.3) is 0 Å². The van der Waals surface area contributed by atoms with Crippen molar-refractivity contribution in [2.24, 2.45) is 5.92 Å². The van der Waals surface area contributed by atoms with Crippen molar-refractivity contribution in [1.82, 2.24) is 9.29 Å². The maximum Gasteiger partial charge on any atom is 0.246 e. The maximum absolute atomic E-state index is 12.6. The zero-order valence-electron chi connectivity index (χ0n) is 11.2. The van der Waals surface area contributed by atoms with E-state index in [1.165, 1.54) is 23.0 Å². The van der Waals surface area contributed by atoms with Crippen molar-refractivity contribution in [2.45, 2.75) is 43.5 Å². The van der Waals surface area contributed by atoms with Crippen LogP contribution in [0.4, 0.5) is 0 Å². The van der Waals surface area contributed by atoms with Gasteiger partial charge < -0.3 is 0 Å². The van der Waals surface area contributed by atoms with Gasteiger partial charge in [-0.3, -0.25) is 0 Å². The largest absolute Gasteiger partial charge is 0.246 e. The first-order valence-electron chi connectivity index (χ1n) is 6.51. The molecule has 2 rings (SSSR count). The summed E-state index contributed by atoms with van der Waals surface area (Å²) in [5.74, 6) is 0.570. The third kappa shape index (κ3) is 3.09. The highest BCUT2D eigenvalue weighted by Gasteiger charge is 2.32. The Balaban J connectivity index is 2.27. The second kappa shape index (κ2) is 5.77. The van der Waals surface area contributed by atoms with Crippen LogP contribution in [0.15, 0.2) is 23.2 Å². The molecule has 0 radical (unpaired) electrons. The number of rotatable bonds is 3. The van der Waals surface area contributed by atoms with Gasteiger partial charge in [-0.2, -0.15) is 4.31 Å². The Bertz CT molecular complexity index is 547. The van der Waals surface area contributed by atoms with E-state index < -0.39 is 10.0 Å². The minimum absolute atomic E-state index is 0.0400. The van der Waals surface area contributed by atoms with Gasteiger partial charge in [0.2, 0.25) is 10.0 Å². The summed E-state index contributed by atoms with van der Waals surface area (Å²) in [6, 6.07) is 3.16. The van der Waals surface area contributed by atoms with E-state index in [9.17, 15) is 8.42 Å². The number of nitrogens with zero attached hydrogens (tertiary/aromatic N) is 2. The lowest BCUT2D eigenvalue weighted by atomic mass is 9.87. The van der Waals surface area contributed by atoms with Gasteiger partial charge in [-0.1, -0.05) is 31.4 Å². The van der Waals surface area contributed by atoms with Gasteiger partial charge >= 0.3 is 0 Å². The molecule has 2 unspecified atom stereocenters. The molecule has 0 bridgehead atoms. The Kier molecular flexibility index (Phi) is 4.48. The third-order valence-corrected chi connectivity index (χ3v) is 6.16. The molecule has 1 heterocycles. The Morgan fingerprint density at radius 1 is 1.42 bits per heavy atom. The molecular weight excluding hydrogens is 284 g/mol.